The van der Waals surface area contributed by atoms with Gasteiger partial charge in [0, 0.05) is 37.2 Å². The Bertz CT molecular complexity index is 2030. The van der Waals surface area contributed by atoms with Crippen LogP contribution in [0.2, 0.25) is 0 Å². The van der Waals surface area contributed by atoms with Crippen LogP contribution in [0.3, 0.4) is 0 Å². The van der Waals surface area contributed by atoms with E-state index in [0.717, 1.165) is 61.2 Å². The predicted octanol–water partition coefficient (Wildman–Crippen LogP) is 6.36. The highest BCUT2D eigenvalue weighted by Gasteiger charge is 2.31. The van der Waals surface area contributed by atoms with Gasteiger partial charge in [-0.15, -0.1) is 0 Å². The minimum atomic E-state index is -0.173. The molecular formula is C42H49N5O7. The molecule has 12 nitrogen and oxygen atoms in total. The molecule has 5 aromatic rings. The van der Waals surface area contributed by atoms with Crippen molar-refractivity contribution in [2.75, 3.05) is 68.8 Å². The largest absolute Gasteiger partial charge is 0.493 e. The van der Waals surface area contributed by atoms with E-state index in [4.69, 9.17) is 28.7 Å². The molecular weight excluding hydrogens is 686 g/mol. The Hall–Kier alpha value is -5.62. The van der Waals surface area contributed by atoms with Crippen molar-refractivity contribution in [1.82, 2.24) is 24.3 Å². The number of imidazole rings is 1. The Kier molecular flexibility index (Phi) is 12.3. The average Bonchev–Trinajstić information content (AvgIpc) is 3.59. The maximum absolute atomic E-state index is 14.1. The number of carbonyl (C=O) groups excluding carboxylic acids is 2. The quantitative estimate of drug-likeness (QED) is 0.106. The van der Waals surface area contributed by atoms with E-state index in [0.29, 0.717) is 53.2 Å². The molecule has 1 saturated heterocycles. The smallest absolute Gasteiger partial charge is 0.253 e. The summed E-state index contributed by atoms with van der Waals surface area (Å²) in [7, 11) is 9.63. The minimum Gasteiger partial charge on any atom is -0.493 e. The van der Waals surface area contributed by atoms with Crippen LogP contribution in [0.25, 0.3) is 11.0 Å². The molecule has 0 radical (unpaired) electrons. The van der Waals surface area contributed by atoms with Gasteiger partial charge in [-0.3, -0.25) is 14.6 Å². The van der Waals surface area contributed by atoms with E-state index in [9.17, 15) is 9.59 Å². The predicted molar refractivity (Wildman–Crippen MR) is 207 cm³/mol. The Labute approximate surface area is 316 Å². The van der Waals surface area contributed by atoms with Crippen molar-refractivity contribution >= 4 is 22.7 Å². The molecule has 1 fully saturated rings. The first kappa shape index (κ1) is 38.1. The molecule has 1 amide bonds. The van der Waals surface area contributed by atoms with E-state index in [2.05, 4.69) is 9.88 Å². The van der Waals surface area contributed by atoms with Gasteiger partial charge in [0.1, 0.15) is 0 Å². The third kappa shape index (κ3) is 8.28. The van der Waals surface area contributed by atoms with Crippen molar-refractivity contribution in [3.8, 4) is 28.7 Å². The van der Waals surface area contributed by atoms with Gasteiger partial charge in [-0.05, 0) is 93.0 Å². The molecule has 0 saturated carbocycles. The number of nitrogens with zero attached hydrogens (tertiary/aromatic N) is 5. The van der Waals surface area contributed by atoms with Crippen molar-refractivity contribution in [2.24, 2.45) is 5.92 Å². The summed E-state index contributed by atoms with van der Waals surface area (Å²) in [5, 5.41) is 0. The lowest BCUT2D eigenvalue weighted by Gasteiger charge is -2.33. The van der Waals surface area contributed by atoms with Gasteiger partial charge in [0.15, 0.2) is 28.8 Å². The van der Waals surface area contributed by atoms with Crippen molar-refractivity contribution in [1.29, 1.82) is 0 Å². The molecule has 0 N–H and O–H groups in total. The van der Waals surface area contributed by atoms with Crippen LogP contribution in [0, 0.1) is 5.92 Å². The Morgan fingerprint density at radius 3 is 2.15 bits per heavy atom. The number of piperidine rings is 1. The van der Waals surface area contributed by atoms with E-state index in [1.807, 2.05) is 65.2 Å². The molecule has 284 valence electrons. The van der Waals surface area contributed by atoms with E-state index in [-0.39, 0.29) is 23.5 Å². The highest BCUT2D eigenvalue weighted by Crippen LogP contribution is 2.39. The zero-order chi connectivity index (χ0) is 38.2. The van der Waals surface area contributed by atoms with Gasteiger partial charge in [0.25, 0.3) is 5.91 Å². The van der Waals surface area contributed by atoms with Gasteiger partial charge in [0.05, 0.1) is 58.8 Å². The average molecular weight is 736 g/mol. The van der Waals surface area contributed by atoms with Gasteiger partial charge >= 0.3 is 0 Å². The Morgan fingerprint density at radius 1 is 0.815 bits per heavy atom. The first-order valence-electron chi connectivity index (χ1n) is 18.2. The number of para-hydroxylation sites is 2. The summed E-state index contributed by atoms with van der Waals surface area (Å²) in [6.45, 7) is 3.30. The molecule has 1 aliphatic rings. The number of Topliss-reactive ketones (excluding diaryl/α,β-unsaturated/α-hetero) is 1. The number of benzene rings is 3. The van der Waals surface area contributed by atoms with Crippen LogP contribution < -0.4 is 23.7 Å². The summed E-state index contributed by atoms with van der Waals surface area (Å²) in [4.78, 5) is 41.4. The highest BCUT2D eigenvalue weighted by molar-refractivity contribution is 5.98. The maximum atomic E-state index is 14.1. The topological polar surface area (TPSA) is 117 Å². The van der Waals surface area contributed by atoms with E-state index >= 15 is 0 Å². The Balaban J connectivity index is 1.16. The monoisotopic (exact) mass is 735 g/mol. The van der Waals surface area contributed by atoms with Crippen LogP contribution in [0.15, 0.2) is 79.0 Å². The van der Waals surface area contributed by atoms with Gasteiger partial charge in [-0.1, -0.05) is 24.3 Å². The second-order valence-electron chi connectivity index (χ2n) is 13.5. The zero-order valence-electron chi connectivity index (χ0n) is 31.9. The number of fused-ring (bicyclic) bond motifs is 1. The fraction of sp³-hybridized carbons (Fsp3) is 0.381. The van der Waals surface area contributed by atoms with E-state index in [1.54, 1.807) is 44.5 Å². The number of likely N-dealkylation sites (tertiary alicyclic amines) is 1. The van der Waals surface area contributed by atoms with Crippen LogP contribution in [0.1, 0.15) is 57.4 Å². The van der Waals surface area contributed by atoms with Crippen LogP contribution in [-0.2, 0) is 6.54 Å². The third-order valence-electron chi connectivity index (χ3n) is 10.3. The number of amides is 1. The molecule has 3 heterocycles. The van der Waals surface area contributed by atoms with Gasteiger partial charge in [-0.2, -0.15) is 0 Å². The number of aromatic nitrogens is 3. The second-order valence-corrected chi connectivity index (χ2v) is 13.5. The number of hydrogen-bond acceptors (Lipinski definition) is 10. The van der Waals surface area contributed by atoms with Crippen LogP contribution in [0.4, 0.5) is 0 Å². The number of likely N-dealkylation sites (N-methyl/N-ethyl adjacent to an activating group) is 1. The number of pyridine rings is 1. The summed E-state index contributed by atoms with van der Waals surface area (Å²) in [5.41, 5.74) is 4.08. The number of methoxy groups -OCH3 is 5. The van der Waals surface area contributed by atoms with Crippen molar-refractivity contribution in [2.45, 2.75) is 31.7 Å². The highest BCUT2D eigenvalue weighted by atomic mass is 16.5. The van der Waals surface area contributed by atoms with Crippen molar-refractivity contribution in [3.63, 3.8) is 0 Å². The minimum absolute atomic E-state index is 0.0216. The van der Waals surface area contributed by atoms with Crippen LogP contribution >= 0.6 is 0 Å². The molecule has 54 heavy (non-hydrogen) atoms. The number of ketones is 1. The third-order valence-corrected chi connectivity index (χ3v) is 10.3. The van der Waals surface area contributed by atoms with Crippen molar-refractivity contribution in [3.05, 3.63) is 102 Å². The molecule has 6 rings (SSSR count). The molecule has 0 spiro atoms. The normalized spacial score (nSPS) is 14.0. The van der Waals surface area contributed by atoms with Gasteiger partial charge in [-0.25, -0.2) is 4.98 Å². The summed E-state index contributed by atoms with van der Waals surface area (Å²) >= 11 is 0. The lowest BCUT2D eigenvalue weighted by atomic mass is 9.90. The Morgan fingerprint density at radius 2 is 1.50 bits per heavy atom. The summed E-state index contributed by atoms with van der Waals surface area (Å²) in [6.07, 6.45) is 4.03. The number of ether oxygens (including phenoxy) is 5. The summed E-state index contributed by atoms with van der Waals surface area (Å²) < 4.78 is 29.7. The lowest BCUT2D eigenvalue weighted by Crippen LogP contribution is -2.38. The summed E-state index contributed by atoms with van der Waals surface area (Å²) in [5.74, 6) is 2.79. The number of carbonyl (C=O) groups is 2. The molecule has 2 aromatic heterocycles. The molecule has 1 unspecified atom stereocenters. The molecule has 12 heteroatoms. The molecule has 3 aromatic carbocycles. The first-order chi connectivity index (χ1) is 26.3. The first-order valence-corrected chi connectivity index (χ1v) is 18.2. The molecule has 1 atom stereocenters. The zero-order valence-corrected chi connectivity index (χ0v) is 31.9. The van der Waals surface area contributed by atoms with Gasteiger partial charge < -0.3 is 38.1 Å². The van der Waals surface area contributed by atoms with Crippen LogP contribution in [0.5, 0.6) is 28.7 Å². The van der Waals surface area contributed by atoms with E-state index in [1.165, 1.54) is 21.3 Å². The number of rotatable bonds is 16. The maximum Gasteiger partial charge on any atom is 0.253 e. The van der Waals surface area contributed by atoms with Crippen molar-refractivity contribution < 1.29 is 33.3 Å². The fourth-order valence-electron chi connectivity index (χ4n) is 7.33. The molecule has 0 bridgehead atoms. The molecule has 1 aliphatic heterocycles. The van der Waals surface area contributed by atoms with Gasteiger partial charge in [0.2, 0.25) is 11.5 Å². The number of hydrogen-bond donors (Lipinski definition) is 0. The second kappa shape index (κ2) is 17.5. The lowest BCUT2D eigenvalue weighted by molar-refractivity contribution is 0.0778. The van der Waals surface area contributed by atoms with E-state index < -0.39 is 0 Å². The SMILES string of the molecule is COc1ccc(C(CCN2CCC(C(=O)c3nc4ccccc4n3Cc3ccccn3)CC2)CN(C)C(=O)c2cc(OC)c(OC)c(OC)c2)cc1OC. The summed E-state index contributed by atoms with van der Waals surface area (Å²) in [6, 6.07) is 23.0. The molecule has 0 aliphatic carbocycles. The van der Waals surface area contributed by atoms with Crippen LogP contribution in [-0.4, -0.2) is 105 Å². The fourth-order valence-corrected chi connectivity index (χ4v) is 7.33. The standard InChI is InChI=1S/C42H49N5O7/c1-45(42(49)31-24-37(52-4)40(54-6)38(25-31)53-5)26-30(29-14-15-35(50-2)36(23-29)51-3)18-22-46-20-16-28(17-21-46)39(48)41-44-33-12-7-8-13-34(33)47(41)27-32-11-9-10-19-43-32/h7-15,19,23-25,28,30H,16-18,20-22,26-27H2,1-6H3.